The summed E-state index contributed by atoms with van der Waals surface area (Å²) >= 11 is 5.85. The highest BCUT2D eigenvalue weighted by Gasteiger charge is 2.18. The van der Waals surface area contributed by atoms with Crippen LogP contribution in [-0.2, 0) is 6.54 Å². The second-order valence-corrected chi connectivity index (χ2v) is 5.26. The number of amides is 1. The predicted octanol–water partition coefficient (Wildman–Crippen LogP) is 2.61. The molecule has 130 valence electrons. The smallest absolute Gasteiger partial charge is 0.256 e. The van der Waals surface area contributed by atoms with Gasteiger partial charge in [0.25, 0.3) is 5.91 Å². The second kappa shape index (κ2) is 6.94. The van der Waals surface area contributed by atoms with Crippen molar-refractivity contribution in [2.45, 2.75) is 13.5 Å². The average Bonchev–Trinajstić information content (AvgIpc) is 3.04. The van der Waals surface area contributed by atoms with Gasteiger partial charge in [0.05, 0.1) is 23.0 Å². The molecule has 2 heterocycles. The van der Waals surface area contributed by atoms with Crippen molar-refractivity contribution in [3.63, 3.8) is 0 Å². The first-order valence-corrected chi connectivity index (χ1v) is 7.55. The number of aryl methyl sites for hydroxylation is 1. The minimum atomic E-state index is -2.78. The lowest BCUT2D eigenvalue weighted by Gasteiger charge is -2.14. The number of benzene rings is 1. The van der Waals surface area contributed by atoms with Gasteiger partial charge in [-0.15, -0.1) is 0 Å². The molecule has 2 N–H and O–H groups in total. The molecule has 0 saturated carbocycles. The first-order valence-electron chi connectivity index (χ1n) is 10.2. The van der Waals surface area contributed by atoms with Gasteiger partial charge in [-0.05, 0) is 30.7 Å². The van der Waals surface area contributed by atoms with Crippen molar-refractivity contribution < 1.29 is 17.8 Å². The van der Waals surface area contributed by atoms with Gasteiger partial charge in [0.15, 0.2) is 5.75 Å². The Kier molecular flexibility index (Phi) is 3.02. The molecule has 0 radical (unpaired) electrons. The Morgan fingerprint density at radius 2 is 2.32 bits per heavy atom. The lowest BCUT2D eigenvalue weighted by molar-refractivity contribution is 0.0963. The summed E-state index contributed by atoms with van der Waals surface area (Å²) in [5.74, 6) is -1.16. The highest BCUT2D eigenvalue weighted by molar-refractivity contribution is 6.28. The van der Waals surface area contributed by atoms with E-state index in [1.807, 2.05) is 12.2 Å². The number of rotatable bonds is 5. The molecule has 1 aromatic carbocycles. The van der Waals surface area contributed by atoms with Crippen molar-refractivity contribution in [3.8, 4) is 5.75 Å². The van der Waals surface area contributed by atoms with E-state index in [0.29, 0.717) is 17.4 Å². The monoisotopic (exact) mass is 366 g/mol. The zero-order chi connectivity index (χ0) is 23.0. The minimum Gasteiger partial charge on any atom is -0.492 e. The van der Waals surface area contributed by atoms with Crippen LogP contribution in [0.15, 0.2) is 24.5 Å². The number of carbonyl (C=O) groups is 1. The Bertz CT molecular complexity index is 1130. The van der Waals surface area contributed by atoms with Crippen LogP contribution in [0.25, 0.3) is 10.9 Å². The van der Waals surface area contributed by atoms with Crippen molar-refractivity contribution in [1.82, 2.24) is 25.1 Å². The Hall–Kier alpha value is -2.87. The third-order valence-corrected chi connectivity index (χ3v) is 3.71. The van der Waals surface area contributed by atoms with Crippen molar-refractivity contribution in [2.75, 3.05) is 19.3 Å². The van der Waals surface area contributed by atoms with Gasteiger partial charge in [0, 0.05) is 29.2 Å². The number of fused-ring (bicyclic) bond motifs is 1. The molecule has 25 heavy (non-hydrogen) atoms. The van der Waals surface area contributed by atoms with Crippen molar-refractivity contribution in [2.24, 2.45) is 0 Å². The summed E-state index contributed by atoms with van der Waals surface area (Å²) in [5, 5.41) is 9.27. The Morgan fingerprint density at radius 3 is 3.08 bits per heavy atom. The van der Waals surface area contributed by atoms with E-state index in [4.69, 9.17) is 24.6 Å². The number of nitrogens with zero attached hydrogens (tertiary/aromatic N) is 4. The van der Waals surface area contributed by atoms with Crippen LogP contribution in [0.2, 0.25) is 5.28 Å². The molecule has 0 fully saturated rings. The van der Waals surface area contributed by atoms with Crippen LogP contribution < -0.4 is 15.4 Å². The first-order chi connectivity index (χ1) is 14.4. The number of carbonyl (C=O) groups excluding carboxylic acids is 1. The lowest BCUT2D eigenvalue weighted by Crippen LogP contribution is -2.20. The molecular formula is C16H17ClN6O2. The highest BCUT2D eigenvalue weighted by atomic mass is 35.5. The van der Waals surface area contributed by atoms with Gasteiger partial charge in [0.2, 0.25) is 5.28 Å². The van der Waals surface area contributed by atoms with Crippen LogP contribution in [-0.4, -0.2) is 39.7 Å². The lowest BCUT2D eigenvalue weighted by atomic mass is 10.2. The standard InChI is InChI=1S/C16H17ClN6O2/c1-4-23-12-9(7-20-23)5-6-11(13(12)25-3)21-14-10(15(24)18-2)8-19-16(17)22-14/h5-8H,4H2,1-3H3,(H,18,24)(H,19,21,22)/i2D3,3D3. The van der Waals surface area contributed by atoms with Crippen LogP contribution in [0.5, 0.6) is 5.75 Å². The van der Waals surface area contributed by atoms with Gasteiger partial charge in [0.1, 0.15) is 16.9 Å². The molecule has 0 aliphatic rings. The molecule has 3 rings (SSSR count). The van der Waals surface area contributed by atoms with Crippen molar-refractivity contribution >= 4 is 39.9 Å². The number of aromatic nitrogens is 4. The van der Waals surface area contributed by atoms with Gasteiger partial charge < -0.3 is 15.4 Å². The third kappa shape index (κ3) is 3.08. The van der Waals surface area contributed by atoms with E-state index in [0.717, 1.165) is 6.20 Å². The molecule has 0 aliphatic carbocycles. The number of nitrogens with one attached hydrogen (secondary N) is 2. The van der Waals surface area contributed by atoms with Crippen LogP contribution in [0.4, 0.5) is 11.5 Å². The van der Waals surface area contributed by atoms with Crippen molar-refractivity contribution in [1.29, 1.82) is 0 Å². The average molecular weight is 367 g/mol. The van der Waals surface area contributed by atoms with E-state index in [2.05, 4.69) is 20.4 Å². The largest absolute Gasteiger partial charge is 0.492 e. The first kappa shape index (κ1) is 10.9. The van der Waals surface area contributed by atoms with Gasteiger partial charge in [-0.25, -0.2) is 4.98 Å². The van der Waals surface area contributed by atoms with Gasteiger partial charge in [-0.1, -0.05) is 0 Å². The van der Waals surface area contributed by atoms with E-state index >= 15 is 0 Å². The molecule has 0 spiro atoms. The Morgan fingerprint density at radius 1 is 1.44 bits per heavy atom. The number of hydrogen-bond acceptors (Lipinski definition) is 6. The van der Waals surface area contributed by atoms with Crippen LogP contribution in [0.1, 0.15) is 25.5 Å². The molecule has 0 unspecified atom stereocenters. The quantitative estimate of drug-likeness (QED) is 0.674. The number of methoxy groups -OCH3 is 1. The maximum atomic E-state index is 12.4. The Labute approximate surface area is 157 Å². The predicted molar refractivity (Wildman–Crippen MR) is 95.7 cm³/mol. The van der Waals surface area contributed by atoms with Crippen LogP contribution in [0, 0.1) is 0 Å². The van der Waals surface area contributed by atoms with E-state index in [-0.39, 0.29) is 28.1 Å². The van der Waals surface area contributed by atoms with Crippen molar-refractivity contribution in [3.05, 3.63) is 35.4 Å². The maximum absolute atomic E-state index is 12.4. The number of hydrogen-bond donors (Lipinski definition) is 2. The van der Waals surface area contributed by atoms with Gasteiger partial charge >= 0.3 is 0 Å². The zero-order valence-corrected chi connectivity index (χ0v) is 13.8. The summed E-state index contributed by atoms with van der Waals surface area (Å²) in [7, 11) is -2.78. The summed E-state index contributed by atoms with van der Waals surface area (Å²) in [6, 6.07) is 3.20. The SMILES string of the molecule is [2H]C([2H])([2H])NC(=O)c1cnc(Cl)nc1Nc1ccc2cnn(CC)c2c1OC([2H])([2H])[2H]. The summed E-state index contributed by atoms with van der Waals surface area (Å²) in [6.07, 6.45) is 2.61. The van der Waals surface area contributed by atoms with Gasteiger partial charge in [-0.2, -0.15) is 10.1 Å². The van der Waals surface area contributed by atoms with E-state index in [1.54, 1.807) is 16.9 Å². The topological polar surface area (TPSA) is 94.0 Å². The number of halogens is 1. The fourth-order valence-corrected chi connectivity index (χ4v) is 2.54. The maximum Gasteiger partial charge on any atom is 0.256 e. The molecule has 1 amide bonds. The molecule has 0 bridgehead atoms. The normalized spacial score (nSPS) is 15.3. The molecular weight excluding hydrogens is 344 g/mol. The van der Waals surface area contributed by atoms with Gasteiger partial charge in [-0.3, -0.25) is 9.48 Å². The molecule has 0 saturated heterocycles. The van der Waals surface area contributed by atoms with E-state index in [1.165, 1.54) is 6.07 Å². The summed E-state index contributed by atoms with van der Waals surface area (Å²) in [4.78, 5) is 20.1. The van der Waals surface area contributed by atoms with E-state index in [9.17, 15) is 4.79 Å². The molecule has 8 nitrogen and oxygen atoms in total. The third-order valence-electron chi connectivity index (χ3n) is 3.53. The zero-order valence-electron chi connectivity index (χ0n) is 19.0. The van der Waals surface area contributed by atoms with Crippen LogP contribution in [0.3, 0.4) is 0 Å². The molecule has 0 atom stereocenters. The van der Waals surface area contributed by atoms with E-state index < -0.39 is 19.9 Å². The fraction of sp³-hybridized carbons (Fsp3) is 0.250. The fourth-order valence-electron chi connectivity index (χ4n) is 2.40. The summed E-state index contributed by atoms with van der Waals surface area (Å²) < 4.78 is 51.0. The minimum absolute atomic E-state index is 0.0474. The summed E-state index contributed by atoms with van der Waals surface area (Å²) in [6.45, 7) is -0.473. The van der Waals surface area contributed by atoms with Crippen LogP contribution >= 0.6 is 11.6 Å². The molecule has 3 aromatic rings. The highest BCUT2D eigenvalue weighted by Crippen LogP contribution is 2.35. The second-order valence-electron chi connectivity index (χ2n) is 4.92. The molecule has 2 aromatic heterocycles. The summed E-state index contributed by atoms with van der Waals surface area (Å²) in [5.41, 5.74) is 0.346. The number of ether oxygens (including phenoxy) is 1. The molecule has 0 aliphatic heterocycles. The molecule has 9 heteroatoms. The number of anilines is 2. The Balaban J connectivity index is 2.13.